The summed E-state index contributed by atoms with van der Waals surface area (Å²) in [6.45, 7) is 3.49. The number of rotatable bonds is 7. The Bertz CT molecular complexity index is 932. The number of hydrogen-bond acceptors (Lipinski definition) is 4. The molecular formula is C20H21N3O4. The minimum Gasteiger partial charge on any atom is -0.487 e. The molecule has 1 amide bonds. The fraction of sp³-hybridized carbons (Fsp3) is 0.250. The van der Waals surface area contributed by atoms with Crippen LogP contribution in [0.3, 0.4) is 0 Å². The predicted octanol–water partition coefficient (Wildman–Crippen LogP) is 2.85. The third kappa shape index (κ3) is 4.44. The van der Waals surface area contributed by atoms with E-state index in [0.29, 0.717) is 11.3 Å². The van der Waals surface area contributed by atoms with Crippen LogP contribution in [0, 0.1) is 0 Å². The zero-order valence-electron chi connectivity index (χ0n) is 15.2. The van der Waals surface area contributed by atoms with Crippen molar-refractivity contribution in [2.24, 2.45) is 0 Å². The Morgan fingerprint density at radius 3 is 2.74 bits per heavy atom. The van der Waals surface area contributed by atoms with Gasteiger partial charge >= 0.3 is 5.97 Å². The van der Waals surface area contributed by atoms with Crippen molar-refractivity contribution >= 4 is 17.5 Å². The molecule has 0 aliphatic heterocycles. The standard InChI is InChI=1S/C20H21N3O4/c1-14(2)23(12-19(24)25)20(26)15-6-5-7-17(10-15)27-13-16-11-22-9-4-3-8-18(22)21-16/h3-11,14H,12-13H2,1-2H3,(H,24,25). The molecule has 0 radical (unpaired) electrons. The van der Waals surface area contributed by atoms with Gasteiger partial charge in [0.1, 0.15) is 24.5 Å². The molecule has 2 aromatic heterocycles. The maximum absolute atomic E-state index is 12.7. The highest BCUT2D eigenvalue weighted by atomic mass is 16.5. The second kappa shape index (κ2) is 7.90. The molecule has 0 fully saturated rings. The predicted molar refractivity (Wildman–Crippen MR) is 99.8 cm³/mol. The summed E-state index contributed by atoms with van der Waals surface area (Å²) in [6.07, 6.45) is 3.80. The quantitative estimate of drug-likeness (QED) is 0.694. The molecule has 140 valence electrons. The van der Waals surface area contributed by atoms with Gasteiger partial charge in [0.15, 0.2) is 0 Å². The van der Waals surface area contributed by atoms with Gasteiger partial charge in [-0.25, -0.2) is 4.98 Å². The number of fused-ring (bicyclic) bond motifs is 1. The van der Waals surface area contributed by atoms with Gasteiger partial charge in [0, 0.05) is 24.0 Å². The Hall–Kier alpha value is -3.35. The van der Waals surface area contributed by atoms with Crippen LogP contribution in [0.1, 0.15) is 29.9 Å². The van der Waals surface area contributed by atoms with Gasteiger partial charge < -0.3 is 19.1 Å². The van der Waals surface area contributed by atoms with Crippen molar-refractivity contribution in [1.82, 2.24) is 14.3 Å². The first-order chi connectivity index (χ1) is 12.9. The Morgan fingerprint density at radius 1 is 1.22 bits per heavy atom. The highest BCUT2D eigenvalue weighted by Gasteiger charge is 2.21. The lowest BCUT2D eigenvalue weighted by molar-refractivity contribution is -0.138. The summed E-state index contributed by atoms with van der Waals surface area (Å²) in [5, 5.41) is 9.03. The first-order valence-corrected chi connectivity index (χ1v) is 8.62. The summed E-state index contributed by atoms with van der Waals surface area (Å²) in [7, 11) is 0. The number of carboxylic acid groups (broad SMARTS) is 1. The van der Waals surface area contributed by atoms with Gasteiger partial charge in [0.25, 0.3) is 5.91 Å². The number of aliphatic carboxylic acids is 1. The molecule has 3 rings (SSSR count). The van der Waals surface area contributed by atoms with Crippen molar-refractivity contribution in [3.63, 3.8) is 0 Å². The van der Waals surface area contributed by atoms with E-state index in [0.717, 1.165) is 11.3 Å². The number of hydrogen-bond donors (Lipinski definition) is 1. The minimum absolute atomic E-state index is 0.226. The molecule has 0 aliphatic rings. The highest BCUT2D eigenvalue weighted by Crippen LogP contribution is 2.18. The number of amides is 1. The summed E-state index contributed by atoms with van der Waals surface area (Å²) in [5.74, 6) is -0.862. The number of benzene rings is 1. The van der Waals surface area contributed by atoms with E-state index >= 15 is 0 Å². The van der Waals surface area contributed by atoms with Crippen LogP contribution in [-0.4, -0.2) is 43.9 Å². The number of aromatic nitrogens is 2. The molecule has 0 saturated heterocycles. The Morgan fingerprint density at radius 2 is 2.04 bits per heavy atom. The Balaban J connectivity index is 1.72. The van der Waals surface area contributed by atoms with E-state index < -0.39 is 5.97 Å². The summed E-state index contributed by atoms with van der Waals surface area (Å²) < 4.78 is 7.68. The molecule has 0 atom stereocenters. The SMILES string of the molecule is CC(C)N(CC(=O)O)C(=O)c1cccc(OCc2cn3ccccc3n2)c1. The molecule has 7 heteroatoms. The van der Waals surface area contributed by atoms with Gasteiger partial charge in [-0.3, -0.25) is 9.59 Å². The third-order valence-electron chi connectivity index (χ3n) is 4.07. The van der Waals surface area contributed by atoms with Crippen molar-refractivity contribution < 1.29 is 19.4 Å². The normalized spacial score (nSPS) is 10.9. The van der Waals surface area contributed by atoms with E-state index in [1.807, 2.05) is 35.0 Å². The monoisotopic (exact) mass is 367 g/mol. The number of pyridine rings is 1. The van der Waals surface area contributed by atoms with E-state index in [9.17, 15) is 9.59 Å². The molecule has 3 aromatic rings. The maximum Gasteiger partial charge on any atom is 0.323 e. The zero-order chi connectivity index (χ0) is 19.4. The number of carbonyl (C=O) groups is 2. The van der Waals surface area contributed by atoms with E-state index in [1.54, 1.807) is 38.1 Å². The fourth-order valence-corrected chi connectivity index (χ4v) is 2.73. The summed E-state index contributed by atoms with van der Waals surface area (Å²) in [5.41, 5.74) is 1.99. The second-order valence-corrected chi connectivity index (χ2v) is 6.44. The van der Waals surface area contributed by atoms with Crippen LogP contribution >= 0.6 is 0 Å². The Labute approximate surface area is 156 Å². The summed E-state index contributed by atoms with van der Waals surface area (Å²) in [4.78, 5) is 29.5. The molecule has 1 N–H and O–H groups in total. The van der Waals surface area contributed by atoms with Crippen molar-refractivity contribution in [2.45, 2.75) is 26.5 Å². The first kappa shape index (κ1) is 18.4. The molecule has 0 spiro atoms. The second-order valence-electron chi connectivity index (χ2n) is 6.44. The summed E-state index contributed by atoms with van der Waals surface area (Å²) in [6, 6.07) is 12.3. The maximum atomic E-state index is 12.7. The number of imidazole rings is 1. The number of carboxylic acids is 1. The third-order valence-corrected chi connectivity index (χ3v) is 4.07. The van der Waals surface area contributed by atoms with Gasteiger partial charge in [-0.2, -0.15) is 0 Å². The van der Waals surface area contributed by atoms with Gasteiger partial charge in [-0.15, -0.1) is 0 Å². The van der Waals surface area contributed by atoms with Gasteiger partial charge in [-0.05, 0) is 44.2 Å². The number of carbonyl (C=O) groups excluding carboxylic acids is 1. The van der Waals surface area contributed by atoms with Crippen LogP contribution in [0.15, 0.2) is 54.9 Å². The molecule has 1 aromatic carbocycles. The molecule has 2 heterocycles. The van der Waals surface area contributed by atoms with E-state index in [-0.39, 0.29) is 25.1 Å². The minimum atomic E-state index is -1.05. The topological polar surface area (TPSA) is 84.1 Å². The molecule has 7 nitrogen and oxygen atoms in total. The van der Waals surface area contributed by atoms with E-state index in [2.05, 4.69) is 4.98 Å². The van der Waals surface area contributed by atoms with Crippen molar-refractivity contribution in [3.05, 3.63) is 66.1 Å². The van der Waals surface area contributed by atoms with Crippen LogP contribution in [0.4, 0.5) is 0 Å². The molecular weight excluding hydrogens is 346 g/mol. The van der Waals surface area contributed by atoms with Crippen molar-refractivity contribution in [3.8, 4) is 5.75 Å². The van der Waals surface area contributed by atoms with E-state index in [4.69, 9.17) is 9.84 Å². The average molecular weight is 367 g/mol. The number of ether oxygens (including phenoxy) is 1. The van der Waals surface area contributed by atoms with Crippen LogP contribution < -0.4 is 4.74 Å². The number of nitrogens with zero attached hydrogens (tertiary/aromatic N) is 3. The van der Waals surface area contributed by atoms with Crippen LogP contribution in [0.25, 0.3) is 5.65 Å². The zero-order valence-corrected chi connectivity index (χ0v) is 15.2. The van der Waals surface area contributed by atoms with Crippen molar-refractivity contribution in [2.75, 3.05) is 6.54 Å². The molecule has 0 unspecified atom stereocenters. The van der Waals surface area contributed by atoms with Gasteiger partial charge in [0.2, 0.25) is 0 Å². The van der Waals surface area contributed by atoms with E-state index in [1.165, 1.54) is 4.90 Å². The molecule has 0 saturated carbocycles. The first-order valence-electron chi connectivity index (χ1n) is 8.62. The Kier molecular flexibility index (Phi) is 5.40. The smallest absolute Gasteiger partial charge is 0.323 e. The molecule has 0 bridgehead atoms. The molecule has 27 heavy (non-hydrogen) atoms. The fourth-order valence-electron chi connectivity index (χ4n) is 2.73. The molecule has 0 aliphatic carbocycles. The average Bonchev–Trinajstić information content (AvgIpc) is 3.07. The van der Waals surface area contributed by atoms with Crippen molar-refractivity contribution in [1.29, 1.82) is 0 Å². The van der Waals surface area contributed by atoms with Gasteiger partial charge in [-0.1, -0.05) is 12.1 Å². The van der Waals surface area contributed by atoms with Gasteiger partial charge in [0.05, 0.1) is 5.69 Å². The van der Waals surface area contributed by atoms with Crippen LogP contribution in [0.2, 0.25) is 0 Å². The summed E-state index contributed by atoms with van der Waals surface area (Å²) >= 11 is 0. The lowest BCUT2D eigenvalue weighted by Crippen LogP contribution is -2.40. The highest BCUT2D eigenvalue weighted by molar-refractivity contribution is 5.96. The van der Waals surface area contributed by atoms with Crippen LogP contribution in [-0.2, 0) is 11.4 Å². The van der Waals surface area contributed by atoms with Crippen LogP contribution in [0.5, 0.6) is 5.75 Å². The lowest BCUT2D eigenvalue weighted by atomic mass is 10.1. The lowest BCUT2D eigenvalue weighted by Gasteiger charge is -2.25. The largest absolute Gasteiger partial charge is 0.487 e.